The average Bonchev–Trinajstić information content (AvgIpc) is 2.69. The topological polar surface area (TPSA) is 88.8 Å². The first-order chi connectivity index (χ1) is 14.6. The molecule has 31 heavy (non-hydrogen) atoms. The number of pyridine rings is 2. The highest BCUT2D eigenvalue weighted by atomic mass is 19.3. The number of rotatable bonds is 3. The molecule has 0 spiro atoms. The van der Waals surface area contributed by atoms with Gasteiger partial charge in [-0.1, -0.05) is 13.0 Å². The molecule has 1 saturated carbocycles. The Hall–Kier alpha value is -3.16. The second-order valence-corrected chi connectivity index (χ2v) is 8.35. The van der Waals surface area contributed by atoms with Gasteiger partial charge < -0.3 is 10.7 Å². The van der Waals surface area contributed by atoms with Crippen LogP contribution >= 0.6 is 0 Å². The highest BCUT2D eigenvalue weighted by molar-refractivity contribution is 6.03. The van der Waals surface area contributed by atoms with Gasteiger partial charge >= 0.3 is 0 Å². The molecule has 1 fully saturated rings. The number of nitrogens with one attached hydrogen (secondary N) is 1. The Bertz CT molecular complexity index is 1240. The first-order valence-electron chi connectivity index (χ1n) is 10.0. The molecule has 3 aromatic rings. The highest BCUT2D eigenvalue weighted by Crippen LogP contribution is 2.52. The Kier molecular flexibility index (Phi) is 5.11. The van der Waals surface area contributed by atoms with Gasteiger partial charge in [-0.3, -0.25) is 14.6 Å². The summed E-state index contributed by atoms with van der Waals surface area (Å²) < 4.78 is 43.2. The van der Waals surface area contributed by atoms with Crippen LogP contribution in [-0.4, -0.2) is 21.8 Å². The molecule has 1 aliphatic rings. The van der Waals surface area contributed by atoms with Gasteiger partial charge in [-0.15, -0.1) is 0 Å². The summed E-state index contributed by atoms with van der Waals surface area (Å²) in [4.78, 5) is 31.4. The number of hydrogen-bond donors (Lipinski definition) is 2. The second-order valence-electron chi connectivity index (χ2n) is 8.35. The SMILES string of the molecule is Cc1cc(F)ccc1[C@@H]1C[C@H](C)C(F)(F)C[C@H]1c1cc(=O)c2c(C(N)=O)nccc2[nH]1. The van der Waals surface area contributed by atoms with Crippen molar-refractivity contribution in [2.24, 2.45) is 11.7 Å². The van der Waals surface area contributed by atoms with E-state index in [2.05, 4.69) is 9.97 Å². The number of aromatic nitrogens is 2. The minimum atomic E-state index is -2.92. The fourth-order valence-electron chi connectivity index (χ4n) is 4.69. The fraction of sp³-hybridized carbons (Fsp3) is 0.348. The third-order valence-corrected chi connectivity index (χ3v) is 6.33. The number of fused-ring (bicyclic) bond motifs is 1. The van der Waals surface area contributed by atoms with E-state index < -0.39 is 41.3 Å². The van der Waals surface area contributed by atoms with Gasteiger partial charge in [0.25, 0.3) is 11.8 Å². The third kappa shape index (κ3) is 3.71. The van der Waals surface area contributed by atoms with Crippen LogP contribution in [-0.2, 0) is 0 Å². The predicted molar refractivity (Wildman–Crippen MR) is 111 cm³/mol. The van der Waals surface area contributed by atoms with Crippen LogP contribution in [0.1, 0.15) is 58.9 Å². The number of aryl methyl sites for hydroxylation is 1. The lowest BCUT2D eigenvalue weighted by molar-refractivity contribution is -0.0905. The zero-order chi connectivity index (χ0) is 22.5. The first kappa shape index (κ1) is 21.1. The summed E-state index contributed by atoms with van der Waals surface area (Å²) in [5.41, 5.74) is 6.76. The Labute approximate surface area is 176 Å². The van der Waals surface area contributed by atoms with E-state index in [4.69, 9.17) is 5.73 Å². The van der Waals surface area contributed by atoms with E-state index in [1.807, 2.05) is 0 Å². The number of halogens is 3. The van der Waals surface area contributed by atoms with Crippen LogP contribution in [0, 0.1) is 18.7 Å². The molecule has 3 atom stereocenters. The summed E-state index contributed by atoms with van der Waals surface area (Å²) in [6.07, 6.45) is 1.07. The van der Waals surface area contributed by atoms with Crippen molar-refractivity contribution in [3.8, 4) is 0 Å². The third-order valence-electron chi connectivity index (χ3n) is 6.33. The zero-order valence-electron chi connectivity index (χ0n) is 17.1. The molecule has 5 nitrogen and oxygen atoms in total. The number of nitrogens with zero attached hydrogens (tertiary/aromatic N) is 1. The Morgan fingerprint density at radius 1 is 1.23 bits per heavy atom. The summed E-state index contributed by atoms with van der Waals surface area (Å²) >= 11 is 0. The highest BCUT2D eigenvalue weighted by Gasteiger charge is 2.48. The molecule has 0 aliphatic heterocycles. The van der Waals surface area contributed by atoms with Crippen LogP contribution in [0.3, 0.4) is 0 Å². The maximum Gasteiger partial charge on any atom is 0.268 e. The van der Waals surface area contributed by atoms with E-state index in [-0.39, 0.29) is 23.4 Å². The van der Waals surface area contributed by atoms with Gasteiger partial charge in [0.15, 0.2) is 5.43 Å². The van der Waals surface area contributed by atoms with Crippen molar-refractivity contribution in [3.05, 3.63) is 75.1 Å². The molecule has 0 radical (unpaired) electrons. The minimum absolute atomic E-state index is 0.0317. The van der Waals surface area contributed by atoms with Gasteiger partial charge in [0, 0.05) is 36.2 Å². The number of carbonyl (C=O) groups is 1. The van der Waals surface area contributed by atoms with Crippen LogP contribution in [0.5, 0.6) is 0 Å². The van der Waals surface area contributed by atoms with Crippen LogP contribution in [0.25, 0.3) is 10.9 Å². The molecular weight excluding hydrogens is 407 g/mol. The number of aromatic amines is 1. The second kappa shape index (κ2) is 7.51. The van der Waals surface area contributed by atoms with Gasteiger partial charge in [0.05, 0.1) is 10.9 Å². The van der Waals surface area contributed by atoms with E-state index in [0.717, 1.165) is 5.56 Å². The minimum Gasteiger partial charge on any atom is -0.364 e. The average molecular weight is 429 g/mol. The van der Waals surface area contributed by atoms with Crippen molar-refractivity contribution >= 4 is 16.8 Å². The Morgan fingerprint density at radius 2 is 1.97 bits per heavy atom. The van der Waals surface area contributed by atoms with Gasteiger partial charge in [0.2, 0.25) is 0 Å². The van der Waals surface area contributed by atoms with E-state index in [1.54, 1.807) is 13.0 Å². The summed E-state index contributed by atoms with van der Waals surface area (Å²) in [5, 5.41) is 0.0317. The number of hydrogen-bond acceptors (Lipinski definition) is 3. The van der Waals surface area contributed by atoms with Crippen LogP contribution < -0.4 is 11.2 Å². The van der Waals surface area contributed by atoms with Gasteiger partial charge in [-0.2, -0.15) is 0 Å². The lowest BCUT2D eigenvalue weighted by Crippen LogP contribution is -2.38. The van der Waals surface area contributed by atoms with E-state index in [1.165, 1.54) is 37.4 Å². The molecule has 1 aromatic carbocycles. The molecule has 162 valence electrons. The molecule has 1 amide bonds. The quantitative estimate of drug-likeness (QED) is 0.647. The summed E-state index contributed by atoms with van der Waals surface area (Å²) in [6.45, 7) is 3.26. The molecule has 0 unspecified atom stereocenters. The van der Waals surface area contributed by atoms with Crippen molar-refractivity contribution in [3.63, 3.8) is 0 Å². The maximum absolute atomic E-state index is 14.7. The molecule has 3 N–H and O–H groups in total. The number of primary amides is 1. The van der Waals surface area contributed by atoms with Crippen molar-refractivity contribution in [2.45, 2.75) is 44.4 Å². The molecule has 1 aliphatic carbocycles. The standard InChI is InChI=1S/C23H22F3N3O2/c1-11-7-13(24)3-4-14(11)15-8-12(2)23(25,26)10-16(15)18-9-19(30)20-17(29-18)5-6-28-21(20)22(27)31/h3-7,9,12,15-16H,8,10H2,1-2H3,(H2,27,31)(H,29,30)/t12-,15-,16+/m0/s1. The lowest BCUT2D eigenvalue weighted by atomic mass is 9.67. The summed E-state index contributed by atoms with van der Waals surface area (Å²) in [7, 11) is 0. The molecular formula is C23H22F3N3O2. The number of benzene rings is 1. The molecule has 0 saturated heterocycles. The summed E-state index contributed by atoms with van der Waals surface area (Å²) in [6, 6.07) is 7.10. The fourth-order valence-corrected chi connectivity index (χ4v) is 4.69. The van der Waals surface area contributed by atoms with Gasteiger partial charge in [-0.25, -0.2) is 13.2 Å². The molecule has 2 heterocycles. The first-order valence-corrected chi connectivity index (χ1v) is 10.0. The van der Waals surface area contributed by atoms with Gasteiger partial charge in [-0.05, 0) is 48.6 Å². The zero-order valence-corrected chi connectivity index (χ0v) is 17.1. The largest absolute Gasteiger partial charge is 0.364 e. The van der Waals surface area contributed by atoms with E-state index >= 15 is 0 Å². The van der Waals surface area contributed by atoms with Gasteiger partial charge in [0.1, 0.15) is 11.5 Å². The number of H-pyrrole nitrogens is 1. The summed E-state index contributed by atoms with van der Waals surface area (Å²) in [5.74, 6) is -6.05. The molecule has 4 rings (SSSR count). The Morgan fingerprint density at radius 3 is 2.65 bits per heavy atom. The smallest absolute Gasteiger partial charge is 0.268 e. The predicted octanol–water partition coefficient (Wildman–Crippen LogP) is 4.40. The van der Waals surface area contributed by atoms with E-state index in [0.29, 0.717) is 16.8 Å². The normalized spacial score (nSPS) is 23.1. The van der Waals surface area contributed by atoms with Crippen LogP contribution in [0.4, 0.5) is 13.2 Å². The number of nitrogens with two attached hydrogens (primary N) is 1. The lowest BCUT2D eigenvalue weighted by Gasteiger charge is -2.41. The van der Waals surface area contributed by atoms with Crippen LogP contribution in [0.2, 0.25) is 0 Å². The monoisotopic (exact) mass is 429 g/mol. The van der Waals surface area contributed by atoms with Crippen molar-refractivity contribution in [2.75, 3.05) is 0 Å². The van der Waals surface area contributed by atoms with E-state index in [9.17, 15) is 22.8 Å². The molecule has 2 aromatic heterocycles. The number of alkyl halides is 2. The van der Waals surface area contributed by atoms with Crippen molar-refractivity contribution < 1.29 is 18.0 Å². The maximum atomic E-state index is 14.7. The molecule has 8 heteroatoms. The van der Waals surface area contributed by atoms with Crippen LogP contribution in [0.15, 0.2) is 41.3 Å². The molecule has 0 bridgehead atoms. The Balaban J connectivity index is 1.89. The number of carbonyl (C=O) groups excluding carboxylic acids is 1. The van der Waals surface area contributed by atoms with Crippen molar-refractivity contribution in [1.82, 2.24) is 9.97 Å². The number of amides is 1. The van der Waals surface area contributed by atoms with Crippen molar-refractivity contribution in [1.29, 1.82) is 0 Å².